The summed E-state index contributed by atoms with van der Waals surface area (Å²) >= 11 is 3.52. The number of fused-ring (bicyclic) bond motifs is 2. The first kappa shape index (κ1) is 21.1. The van der Waals surface area contributed by atoms with Gasteiger partial charge in [-0.3, -0.25) is 9.78 Å². The molecule has 9 heteroatoms. The molecule has 8 nitrogen and oxygen atoms in total. The van der Waals surface area contributed by atoms with E-state index in [2.05, 4.69) is 36.2 Å². The summed E-state index contributed by atoms with van der Waals surface area (Å²) in [4.78, 5) is 32.2. The topological polar surface area (TPSA) is 93.1 Å². The molecule has 0 bridgehead atoms. The van der Waals surface area contributed by atoms with E-state index in [1.807, 2.05) is 37.9 Å². The van der Waals surface area contributed by atoms with Gasteiger partial charge in [-0.15, -0.1) is 0 Å². The molecule has 1 aliphatic heterocycles. The van der Waals surface area contributed by atoms with E-state index in [0.717, 1.165) is 63.5 Å². The fourth-order valence-electron chi connectivity index (χ4n) is 4.46. The number of nitrogens with one attached hydrogen (secondary N) is 1. The number of amides is 1. The maximum absolute atomic E-state index is 12.1. The second-order valence-corrected chi connectivity index (χ2v) is 9.66. The third kappa shape index (κ3) is 3.90. The lowest BCUT2D eigenvalue weighted by atomic mass is 9.73. The number of carbonyl (C=O) groups is 1. The van der Waals surface area contributed by atoms with Crippen LogP contribution in [0.4, 0.5) is 11.5 Å². The Morgan fingerprint density at radius 2 is 1.97 bits per heavy atom. The number of benzene rings is 1. The van der Waals surface area contributed by atoms with Crippen LogP contribution in [0.2, 0.25) is 0 Å². The van der Waals surface area contributed by atoms with Crippen LogP contribution < -0.4 is 15.0 Å². The first-order valence-corrected chi connectivity index (χ1v) is 11.6. The summed E-state index contributed by atoms with van der Waals surface area (Å²) in [5.41, 5.74) is 3.15. The molecule has 5 rings (SSSR count). The zero-order chi connectivity index (χ0) is 22.4. The molecule has 166 valence electrons. The predicted molar refractivity (Wildman–Crippen MR) is 126 cm³/mol. The number of carbonyl (C=O) groups excluding carboxylic acids is 1. The van der Waals surface area contributed by atoms with Gasteiger partial charge in [0.2, 0.25) is 5.91 Å². The first-order valence-electron chi connectivity index (χ1n) is 10.8. The Morgan fingerprint density at radius 1 is 1.19 bits per heavy atom. The largest absolute Gasteiger partial charge is 0.491 e. The number of hydrogen-bond acceptors (Lipinski definition) is 7. The Hall–Kier alpha value is -2.81. The summed E-state index contributed by atoms with van der Waals surface area (Å²) in [5.74, 6) is 3.44. The fourth-order valence-corrected chi connectivity index (χ4v) is 4.88. The highest BCUT2D eigenvalue weighted by molar-refractivity contribution is 9.10. The van der Waals surface area contributed by atoms with E-state index in [1.165, 1.54) is 0 Å². The van der Waals surface area contributed by atoms with Gasteiger partial charge in [0.25, 0.3) is 0 Å². The molecule has 1 amide bonds. The van der Waals surface area contributed by atoms with Gasteiger partial charge in [0.15, 0.2) is 5.82 Å². The standard InChI is InChI=1S/C23H25BrN6O2/c1-12-20-22(30(3)13(2)23(31)29-20)28-19(27-12)8-14-6-15(7-14)11-32-18-10-16(24)9-17-21(18)26-5-4-25-17/h4-5,9-10,13-15H,6-8,11H2,1-3H3,(H,29,31)/t13-,14?,15?/m0/s1. The number of halogens is 1. The average molecular weight is 497 g/mol. The Morgan fingerprint density at radius 3 is 2.78 bits per heavy atom. The van der Waals surface area contributed by atoms with Crippen LogP contribution in [0.15, 0.2) is 29.0 Å². The Labute approximate surface area is 195 Å². The van der Waals surface area contributed by atoms with Gasteiger partial charge in [-0.05, 0) is 50.7 Å². The van der Waals surface area contributed by atoms with E-state index in [-0.39, 0.29) is 11.9 Å². The minimum atomic E-state index is -0.242. The van der Waals surface area contributed by atoms with Crippen LogP contribution in [0.1, 0.15) is 31.3 Å². The number of aromatic nitrogens is 4. The molecule has 3 heterocycles. The Balaban J connectivity index is 1.21. The van der Waals surface area contributed by atoms with Crippen LogP contribution in [-0.4, -0.2) is 45.5 Å². The van der Waals surface area contributed by atoms with Crippen molar-refractivity contribution < 1.29 is 9.53 Å². The van der Waals surface area contributed by atoms with Crippen molar-refractivity contribution in [2.45, 2.75) is 39.2 Å². The predicted octanol–water partition coefficient (Wildman–Crippen LogP) is 3.92. The summed E-state index contributed by atoms with van der Waals surface area (Å²) in [7, 11) is 1.91. The summed E-state index contributed by atoms with van der Waals surface area (Å²) in [6.45, 7) is 4.47. The molecule has 1 aliphatic carbocycles. The van der Waals surface area contributed by atoms with E-state index in [4.69, 9.17) is 9.72 Å². The molecule has 32 heavy (non-hydrogen) atoms. The molecule has 1 fully saturated rings. The third-order valence-electron chi connectivity index (χ3n) is 6.44. The second-order valence-electron chi connectivity index (χ2n) is 8.75. The van der Waals surface area contributed by atoms with Crippen LogP contribution in [0.5, 0.6) is 5.75 Å². The van der Waals surface area contributed by atoms with Gasteiger partial charge in [-0.2, -0.15) is 0 Å². The van der Waals surface area contributed by atoms with Crippen molar-refractivity contribution in [2.24, 2.45) is 11.8 Å². The summed E-state index contributed by atoms with van der Waals surface area (Å²) < 4.78 is 7.05. The molecule has 2 aliphatic rings. The monoisotopic (exact) mass is 496 g/mol. The zero-order valence-corrected chi connectivity index (χ0v) is 19.9. The van der Waals surface area contributed by atoms with Crippen molar-refractivity contribution in [3.05, 3.63) is 40.5 Å². The number of rotatable bonds is 5. The molecule has 1 N–H and O–H groups in total. The highest BCUT2D eigenvalue weighted by atomic mass is 79.9. The molecule has 1 saturated carbocycles. The lowest BCUT2D eigenvalue weighted by molar-refractivity contribution is -0.117. The van der Waals surface area contributed by atoms with E-state index < -0.39 is 0 Å². The second kappa shape index (κ2) is 8.27. The molecule has 1 aromatic carbocycles. The van der Waals surface area contributed by atoms with Crippen molar-refractivity contribution in [1.82, 2.24) is 19.9 Å². The van der Waals surface area contributed by atoms with Crippen molar-refractivity contribution >= 4 is 44.4 Å². The molecule has 0 spiro atoms. The van der Waals surface area contributed by atoms with Gasteiger partial charge in [0.05, 0.1) is 17.8 Å². The Bertz CT molecular complexity index is 1200. The van der Waals surface area contributed by atoms with E-state index in [0.29, 0.717) is 18.4 Å². The van der Waals surface area contributed by atoms with E-state index in [9.17, 15) is 4.79 Å². The maximum atomic E-state index is 12.1. The average Bonchev–Trinajstić information content (AvgIpc) is 2.74. The van der Waals surface area contributed by atoms with Crippen LogP contribution in [-0.2, 0) is 11.2 Å². The van der Waals surface area contributed by atoms with Crippen molar-refractivity contribution in [1.29, 1.82) is 0 Å². The van der Waals surface area contributed by atoms with Gasteiger partial charge >= 0.3 is 0 Å². The number of anilines is 2. The molecule has 0 saturated heterocycles. The van der Waals surface area contributed by atoms with Gasteiger partial charge in [0, 0.05) is 30.3 Å². The number of hydrogen-bond donors (Lipinski definition) is 1. The number of ether oxygens (including phenoxy) is 1. The first-order chi connectivity index (χ1) is 15.4. The normalized spacial score (nSPS) is 22.3. The molecular formula is C23H25BrN6O2. The lowest BCUT2D eigenvalue weighted by Crippen LogP contribution is -2.45. The minimum Gasteiger partial charge on any atom is -0.491 e. The van der Waals surface area contributed by atoms with Crippen LogP contribution >= 0.6 is 15.9 Å². The summed E-state index contributed by atoms with van der Waals surface area (Å²) in [6.07, 6.45) is 6.38. The number of likely N-dealkylation sites (N-methyl/N-ethyl adjacent to an activating group) is 1. The highest BCUT2D eigenvalue weighted by Crippen LogP contribution is 2.38. The van der Waals surface area contributed by atoms with Crippen molar-refractivity contribution in [2.75, 3.05) is 23.9 Å². The van der Waals surface area contributed by atoms with E-state index >= 15 is 0 Å². The van der Waals surface area contributed by atoms with Crippen LogP contribution in [0.25, 0.3) is 11.0 Å². The SMILES string of the molecule is Cc1nc(CC2CC(COc3cc(Br)cc4nccnc34)C2)nc2c1NC(=O)[C@H](C)N2C. The van der Waals surface area contributed by atoms with Crippen molar-refractivity contribution in [3.63, 3.8) is 0 Å². The molecule has 0 unspecified atom stereocenters. The number of aryl methyl sites for hydroxylation is 1. The van der Waals surface area contributed by atoms with Gasteiger partial charge in [-0.25, -0.2) is 15.0 Å². The van der Waals surface area contributed by atoms with Gasteiger partial charge < -0.3 is 15.0 Å². The molecule has 3 aromatic rings. The van der Waals surface area contributed by atoms with Gasteiger partial charge in [-0.1, -0.05) is 15.9 Å². The molecule has 0 radical (unpaired) electrons. The summed E-state index contributed by atoms with van der Waals surface area (Å²) in [6, 6.07) is 3.65. The molecular weight excluding hydrogens is 472 g/mol. The van der Waals surface area contributed by atoms with Gasteiger partial charge in [0.1, 0.15) is 28.8 Å². The fraction of sp³-hybridized carbons (Fsp3) is 0.435. The van der Waals surface area contributed by atoms with Crippen molar-refractivity contribution in [3.8, 4) is 5.75 Å². The highest BCUT2D eigenvalue weighted by Gasteiger charge is 2.33. The summed E-state index contributed by atoms with van der Waals surface area (Å²) in [5, 5.41) is 2.94. The lowest BCUT2D eigenvalue weighted by Gasteiger charge is -2.36. The quantitative estimate of drug-likeness (QED) is 0.571. The minimum absolute atomic E-state index is 0.0227. The maximum Gasteiger partial charge on any atom is 0.246 e. The number of nitrogens with zero attached hydrogens (tertiary/aromatic N) is 5. The third-order valence-corrected chi connectivity index (χ3v) is 6.90. The zero-order valence-electron chi connectivity index (χ0n) is 18.3. The Kier molecular flexibility index (Phi) is 5.44. The van der Waals surface area contributed by atoms with Crippen LogP contribution in [0, 0.1) is 18.8 Å². The molecule has 1 atom stereocenters. The van der Waals surface area contributed by atoms with Crippen LogP contribution in [0.3, 0.4) is 0 Å². The molecule has 2 aromatic heterocycles. The van der Waals surface area contributed by atoms with E-state index in [1.54, 1.807) is 12.4 Å². The smallest absolute Gasteiger partial charge is 0.246 e.